The van der Waals surface area contributed by atoms with Gasteiger partial charge in [0.1, 0.15) is 11.6 Å². The third-order valence-electron chi connectivity index (χ3n) is 6.54. The highest BCUT2D eigenvalue weighted by molar-refractivity contribution is 9.10. The van der Waals surface area contributed by atoms with Gasteiger partial charge in [-0.3, -0.25) is 4.79 Å². The van der Waals surface area contributed by atoms with Crippen LogP contribution in [0.3, 0.4) is 0 Å². The van der Waals surface area contributed by atoms with Crippen LogP contribution in [0.1, 0.15) is 57.3 Å². The zero-order chi connectivity index (χ0) is 27.9. The Kier molecular flexibility index (Phi) is 8.94. The third-order valence-corrected chi connectivity index (χ3v) is 8.33. The number of halogens is 1. The van der Waals surface area contributed by atoms with Gasteiger partial charge in [-0.05, 0) is 102 Å². The molecule has 6 nitrogen and oxygen atoms in total. The number of para-hydroxylation sites is 1. The van der Waals surface area contributed by atoms with Gasteiger partial charge >= 0.3 is 0 Å². The monoisotopic (exact) mass is 613 g/mol. The molecule has 8 heteroatoms. The number of aryl methyl sites for hydroxylation is 1. The number of nitrogens with one attached hydrogen (secondary N) is 1. The van der Waals surface area contributed by atoms with Crippen LogP contribution in [0.15, 0.2) is 76.2 Å². The first kappa shape index (κ1) is 27.6. The van der Waals surface area contributed by atoms with Crippen molar-refractivity contribution < 1.29 is 14.3 Å². The van der Waals surface area contributed by atoms with Crippen LogP contribution in [-0.4, -0.2) is 18.7 Å². The summed E-state index contributed by atoms with van der Waals surface area (Å²) in [5.74, 6) is 1.07. The highest BCUT2D eigenvalue weighted by Gasteiger charge is 2.25. The normalized spacial score (nSPS) is 12.5. The van der Waals surface area contributed by atoms with Gasteiger partial charge in [0.05, 0.1) is 28.3 Å². The second-order valence-corrected chi connectivity index (χ2v) is 11.3. The van der Waals surface area contributed by atoms with Crippen molar-refractivity contribution in [2.75, 3.05) is 11.9 Å². The largest absolute Gasteiger partial charge is 0.490 e. The second-order valence-electron chi connectivity index (χ2n) is 9.33. The average molecular weight is 615 g/mol. The van der Waals surface area contributed by atoms with Crippen molar-refractivity contribution in [1.82, 2.24) is 0 Å². The van der Waals surface area contributed by atoms with Crippen molar-refractivity contribution in [2.45, 2.75) is 39.2 Å². The van der Waals surface area contributed by atoms with E-state index >= 15 is 0 Å². The molecule has 5 rings (SSSR count). The first-order chi connectivity index (χ1) is 19.6. The number of nitriles is 1. The van der Waals surface area contributed by atoms with Crippen molar-refractivity contribution >= 4 is 50.1 Å². The number of benzene rings is 3. The molecule has 0 radical (unpaired) electrons. The molecule has 0 saturated carbocycles. The van der Waals surface area contributed by atoms with Crippen molar-refractivity contribution in [2.24, 2.45) is 4.99 Å². The molecular formula is C32H28BrN3O3S. The van der Waals surface area contributed by atoms with Gasteiger partial charge in [-0.2, -0.15) is 5.26 Å². The zero-order valence-electron chi connectivity index (χ0n) is 22.1. The molecule has 1 amide bonds. The number of hydrogen-bond acceptors (Lipinski definition) is 6. The Balaban J connectivity index is 1.41. The number of hydrogen-bond donors (Lipinski definition) is 1. The summed E-state index contributed by atoms with van der Waals surface area (Å²) in [6.45, 7) is 2.73. The van der Waals surface area contributed by atoms with Crippen LogP contribution >= 0.6 is 27.3 Å². The molecule has 0 atom stereocenters. The zero-order valence-corrected chi connectivity index (χ0v) is 24.5. The Bertz CT molecular complexity index is 1570. The highest BCUT2D eigenvalue weighted by Crippen LogP contribution is 2.41. The molecular weight excluding hydrogens is 586 g/mol. The number of rotatable bonds is 9. The number of amides is 1. The summed E-state index contributed by atoms with van der Waals surface area (Å²) < 4.78 is 12.8. The lowest BCUT2D eigenvalue weighted by Gasteiger charge is -2.15. The fourth-order valence-corrected chi connectivity index (χ4v) is 6.43. The Morgan fingerprint density at radius 2 is 1.88 bits per heavy atom. The maximum absolute atomic E-state index is 13.4. The number of carbonyl (C=O) groups is 1. The Morgan fingerprint density at radius 1 is 1.10 bits per heavy atom. The molecule has 0 saturated heterocycles. The predicted molar refractivity (Wildman–Crippen MR) is 163 cm³/mol. The molecule has 1 aliphatic rings. The van der Waals surface area contributed by atoms with Crippen molar-refractivity contribution in [1.29, 1.82) is 5.26 Å². The molecule has 0 spiro atoms. The van der Waals surface area contributed by atoms with Crippen LogP contribution < -0.4 is 14.8 Å². The minimum absolute atomic E-state index is 0.125. The smallest absolute Gasteiger partial charge is 0.259 e. The molecule has 0 aliphatic heterocycles. The molecule has 0 bridgehead atoms. The summed E-state index contributed by atoms with van der Waals surface area (Å²) in [6, 6.07) is 22.7. The molecule has 0 fully saturated rings. The molecule has 40 heavy (non-hydrogen) atoms. The van der Waals surface area contributed by atoms with Crippen LogP contribution in [0.25, 0.3) is 0 Å². The quantitative estimate of drug-likeness (QED) is 0.193. The van der Waals surface area contributed by atoms with Crippen molar-refractivity contribution in [3.8, 4) is 17.6 Å². The minimum atomic E-state index is -0.125. The molecule has 1 aromatic heterocycles. The predicted octanol–water partition coefficient (Wildman–Crippen LogP) is 8.24. The topological polar surface area (TPSA) is 83.7 Å². The van der Waals surface area contributed by atoms with Gasteiger partial charge in [-0.15, -0.1) is 11.3 Å². The van der Waals surface area contributed by atoms with Crippen molar-refractivity contribution in [3.05, 3.63) is 104 Å². The SMILES string of the molecule is CCOc1cc(C=Nc2sc3c(c2C(=O)Nc2ccccc2)CCCC3)cc(Br)c1OCc1ccc(C#N)cc1. The van der Waals surface area contributed by atoms with Crippen LogP contribution in [-0.2, 0) is 19.4 Å². The van der Waals surface area contributed by atoms with E-state index in [9.17, 15) is 4.79 Å². The van der Waals surface area contributed by atoms with E-state index in [4.69, 9.17) is 19.7 Å². The molecule has 0 unspecified atom stereocenters. The van der Waals surface area contributed by atoms with E-state index in [1.807, 2.05) is 61.5 Å². The first-order valence-electron chi connectivity index (χ1n) is 13.2. The second kappa shape index (κ2) is 12.9. The van der Waals surface area contributed by atoms with E-state index in [2.05, 4.69) is 27.3 Å². The lowest BCUT2D eigenvalue weighted by atomic mass is 9.95. The molecule has 3 aromatic carbocycles. The first-order valence-corrected chi connectivity index (χ1v) is 14.8. The lowest BCUT2D eigenvalue weighted by molar-refractivity contribution is 0.102. The fourth-order valence-electron chi connectivity index (χ4n) is 4.62. The van der Waals surface area contributed by atoms with E-state index < -0.39 is 0 Å². The van der Waals surface area contributed by atoms with Crippen LogP contribution in [0.5, 0.6) is 11.5 Å². The van der Waals surface area contributed by atoms with E-state index in [0.717, 1.165) is 57.5 Å². The molecule has 1 N–H and O–H groups in total. The third kappa shape index (κ3) is 6.44. The summed E-state index contributed by atoms with van der Waals surface area (Å²) in [7, 11) is 0. The molecule has 1 heterocycles. The number of carbonyl (C=O) groups excluding carboxylic acids is 1. The van der Waals surface area contributed by atoms with Crippen LogP contribution in [0.4, 0.5) is 10.7 Å². The number of aliphatic imine (C=N–C) groups is 1. The average Bonchev–Trinajstić information content (AvgIpc) is 3.35. The minimum Gasteiger partial charge on any atom is -0.490 e. The van der Waals surface area contributed by atoms with Gasteiger partial charge < -0.3 is 14.8 Å². The van der Waals surface area contributed by atoms with E-state index in [1.165, 1.54) is 4.88 Å². The maximum atomic E-state index is 13.4. The fraction of sp³-hybridized carbons (Fsp3) is 0.219. The Hall–Kier alpha value is -3.93. The van der Waals surface area contributed by atoms with Gasteiger partial charge in [-0.1, -0.05) is 30.3 Å². The van der Waals surface area contributed by atoms with Gasteiger partial charge in [0, 0.05) is 16.8 Å². The van der Waals surface area contributed by atoms with E-state index in [0.29, 0.717) is 35.8 Å². The maximum Gasteiger partial charge on any atom is 0.259 e. The van der Waals surface area contributed by atoms with Crippen LogP contribution in [0.2, 0.25) is 0 Å². The number of nitrogens with zero attached hydrogens (tertiary/aromatic N) is 2. The van der Waals surface area contributed by atoms with Gasteiger partial charge in [0.15, 0.2) is 11.5 Å². The molecule has 1 aliphatic carbocycles. The van der Waals surface area contributed by atoms with Crippen molar-refractivity contribution in [3.63, 3.8) is 0 Å². The summed E-state index contributed by atoms with van der Waals surface area (Å²) in [6.07, 6.45) is 5.85. The number of fused-ring (bicyclic) bond motifs is 1. The summed E-state index contributed by atoms with van der Waals surface area (Å²) in [4.78, 5) is 19.5. The summed E-state index contributed by atoms with van der Waals surface area (Å²) >= 11 is 5.24. The Labute approximate surface area is 246 Å². The highest BCUT2D eigenvalue weighted by atomic mass is 79.9. The Morgan fingerprint density at radius 3 is 2.62 bits per heavy atom. The molecule has 4 aromatic rings. The number of thiophene rings is 1. The summed E-state index contributed by atoms with van der Waals surface area (Å²) in [5, 5.41) is 12.8. The van der Waals surface area contributed by atoms with E-state index in [-0.39, 0.29) is 5.91 Å². The molecule has 202 valence electrons. The standard InChI is InChI=1S/C32H28BrN3O3S/c1-2-38-27-17-23(16-26(33)30(27)39-20-22-14-12-21(18-34)13-15-22)19-35-32-29(25-10-6-7-11-28(25)40-32)31(37)36-24-8-4-3-5-9-24/h3-5,8-9,12-17,19H,2,6-7,10-11,20H2,1H3,(H,36,37). The van der Waals surface area contributed by atoms with E-state index in [1.54, 1.807) is 29.7 Å². The number of anilines is 1. The number of ether oxygens (including phenoxy) is 2. The van der Waals surface area contributed by atoms with Gasteiger partial charge in [0.25, 0.3) is 5.91 Å². The van der Waals surface area contributed by atoms with Gasteiger partial charge in [-0.25, -0.2) is 4.99 Å². The van der Waals surface area contributed by atoms with Crippen LogP contribution in [0, 0.1) is 11.3 Å². The lowest BCUT2D eigenvalue weighted by Crippen LogP contribution is -2.14. The van der Waals surface area contributed by atoms with Gasteiger partial charge in [0.2, 0.25) is 0 Å². The summed E-state index contributed by atoms with van der Waals surface area (Å²) in [5.41, 5.74) is 4.94.